The second-order valence-electron chi connectivity index (χ2n) is 5.35. The van der Waals surface area contributed by atoms with E-state index >= 15 is 0 Å². The number of hydrogen-bond acceptors (Lipinski definition) is 5. The minimum Gasteiger partial charge on any atom is -0.341 e. The van der Waals surface area contributed by atoms with Crippen molar-refractivity contribution in [1.82, 2.24) is 15.0 Å². The monoisotopic (exact) mass is 304 g/mol. The Morgan fingerprint density at radius 3 is 2.91 bits per heavy atom. The number of benzene rings is 1. The van der Waals surface area contributed by atoms with Gasteiger partial charge in [-0.05, 0) is 37.1 Å². The van der Waals surface area contributed by atoms with Gasteiger partial charge in [-0.3, -0.25) is 4.79 Å². The molecule has 1 atom stereocenters. The van der Waals surface area contributed by atoms with Crippen LogP contribution in [0.5, 0.6) is 0 Å². The van der Waals surface area contributed by atoms with Crippen LogP contribution in [0.4, 0.5) is 4.39 Å². The Hall–Kier alpha value is -2.28. The molecule has 0 radical (unpaired) electrons. The Kier molecular flexibility index (Phi) is 4.15. The highest BCUT2D eigenvalue weighted by Gasteiger charge is 2.28. The predicted molar refractivity (Wildman–Crippen MR) is 77.3 cm³/mol. The first-order valence-electron chi connectivity index (χ1n) is 7.25. The van der Waals surface area contributed by atoms with Gasteiger partial charge >= 0.3 is 0 Å². The van der Waals surface area contributed by atoms with Crippen molar-refractivity contribution in [3.8, 4) is 11.4 Å². The summed E-state index contributed by atoms with van der Waals surface area (Å²) >= 11 is 0. The number of carbonyl (C=O) groups is 1. The van der Waals surface area contributed by atoms with Gasteiger partial charge in [0, 0.05) is 18.7 Å². The SMILES string of the molecule is NCC(=O)N1CCCC(c2nc(-c3ccc(F)cc3)no2)C1. The maximum absolute atomic E-state index is 12.9. The molecule has 3 rings (SSSR count). The highest BCUT2D eigenvalue weighted by atomic mass is 19.1. The fourth-order valence-corrected chi connectivity index (χ4v) is 2.65. The number of carbonyl (C=O) groups excluding carboxylic acids is 1. The molecule has 0 bridgehead atoms. The van der Waals surface area contributed by atoms with Crippen molar-refractivity contribution in [2.75, 3.05) is 19.6 Å². The van der Waals surface area contributed by atoms with Crippen molar-refractivity contribution in [2.24, 2.45) is 5.73 Å². The molecular formula is C15H17FN4O2. The molecule has 1 aromatic carbocycles. The smallest absolute Gasteiger partial charge is 0.236 e. The Morgan fingerprint density at radius 1 is 1.41 bits per heavy atom. The van der Waals surface area contributed by atoms with Gasteiger partial charge in [0.15, 0.2) is 0 Å². The lowest BCUT2D eigenvalue weighted by Gasteiger charge is -2.30. The molecular weight excluding hydrogens is 287 g/mol. The molecule has 1 fully saturated rings. The number of aromatic nitrogens is 2. The summed E-state index contributed by atoms with van der Waals surface area (Å²) < 4.78 is 18.3. The van der Waals surface area contributed by atoms with E-state index in [1.165, 1.54) is 12.1 Å². The minimum atomic E-state index is -0.310. The van der Waals surface area contributed by atoms with Crippen molar-refractivity contribution in [3.63, 3.8) is 0 Å². The van der Waals surface area contributed by atoms with Gasteiger partial charge in [-0.15, -0.1) is 0 Å². The van der Waals surface area contributed by atoms with E-state index in [0.717, 1.165) is 12.8 Å². The van der Waals surface area contributed by atoms with Gasteiger partial charge in [0.05, 0.1) is 12.5 Å². The third-order valence-electron chi connectivity index (χ3n) is 3.84. The van der Waals surface area contributed by atoms with E-state index in [4.69, 9.17) is 10.3 Å². The first-order valence-corrected chi connectivity index (χ1v) is 7.25. The van der Waals surface area contributed by atoms with Crippen molar-refractivity contribution in [1.29, 1.82) is 0 Å². The Bertz CT molecular complexity index is 656. The predicted octanol–water partition coefficient (Wildman–Crippen LogP) is 1.54. The second kappa shape index (κ2) is 6.23. The first-order chi connectivity index (χ1) is 10.7. The van der Waals surface area contributed by atoms with Crippen molar-refractivity contribution in [2.45, 2.75) is 18.8 Å². The molecule has 116 valence electrons. The molecule has 1 unspecified atom stereocenters. The summed E-state index contributed by atoms with van der Waals surface area (Å²) in [7, 11) is 0. The number of halogens is 1. The highest BCUT2D eigenvalue weighted by Crippen LogP contribution is 2.27. The standard InChI is InChI=1S/C15H17FN4O2/c16-12-5-3-10(4-6-12)14-18-15(22-19-14)11-2-1-7-20(9-11)13(21)8-17/h3-6,11H,1-2,7-9,17H2. The molecule has 2 heterocycles. The molecule has 0 spiro atoms. The minimum absolute atomic E-state index is 0.0113. The topological polar surface area (TPSA) is 85.3 Å². The van der Waals surface area contributed by atoms with Gasteiger partial charge in [-0.1, -0.05) is 5.16 Å². The van der Waals surface area contributed by atoms with Gasteiger partial charge in [0.1, 0.15) is 5.82 Å². The van der Waals surface area contributed by atoms with Gasteiger partial charge in [0.2, 0.25) is 17.6 Å². The maximum atomic E-state index is 12.9. The Labute approximate surface area is 127 Å². The van der Waals surface area contributed by atoms with Crippen LogP contribution < -0.4 is 5.73 Å². The maximum Gasteiger partial charge on any atom is 0.236 e. The third kappa shape index (κ3) is 2.99. The lowest BCUT2D eigenvalue weighted by Crippen LogP contribution is -2.42. The summed E-state index contributed by atoms with van der Waals surface area (Å²) in [5.41, 5.74) is 6.10. The quantitative estimate of drug-likeness (QED) is 0.929. The molecule has 22 heavy (non-hydrogen) atoms. The molecule has 2 aromatic rings. The van der Waals surface area contributed by atoms with Crippen LogP contribution in [0.1, 0.15) is 24.7 Å². The van der Waals surface area contributed by atoms with E-state index in [1.54, 1.807) is 17.0 Å². The molecule has 2 N–H and O–H groups in total. The zero-order chi connectivity index (χ0) is 15.5. The van der Waals surface area contributed by atoms with E-state index in [9.17, 15) is 9.18 Å². The molecule has 1 amide bonds. The van der Waals surface area contributed by atoms with E-state index in [-0.39, 0.29) is 24.2 Å². The summed E-state index contributed by atoms with van der Waals surface area (Å²) in [6, 6.07) is 5.92. The largest absolute Gasteiger partial charge is 0.341 e. The van der Waals surface area contributed by atoms with Crippen LogP contribution in [0.3, 0.4) is 0 Å². The number of likely N-dealkylation sites (tertiary alicyclic amines) is 1. The van der Waals surface area contributed by atoms with Gasteiger partial charge in [-0.2, -0.15) is 4.98 Å². The number of nitrogens with two attached hydrogens (primary N) is 1. The zero-order valence-electron chi connectivity index (χ0n) is 12.0. The van der Waals surface area contributed by atoms with E-state index < -0.39 is 0 Å². The van der Waals surface area contributed by atoms with Crippen LogP contribution >= 0.6 is 0 Å². The van der Waals surface area contributed by atoms with Crippen molar-refractivity contribution < 1.29 is 13.7 Å². The number of rotatable bonds is 3. The molecule has 1 saturated heterocycles. The molecule has 0 aliphatic carbocycles. The van der Waals surface area contributed by atoms with Crippen molar-refractivity contribution >= 4 is 5.91 Å². The fraction of sp³-hybridized carbons (Fsp3) is 0.400. The van der Waals surface area contributed by atoms with E-state index in [1.807, 2.05) is 0 Å². The highest BCUT2D eigenvalue weighted by molar-refractivity contribution is 5.78. The van der Waals surface area contributed by atoms with E-state index in [0.29, 0.717) is 30.4 Å². The Morgan fingerprint density at radius 2 is 2.18 bits per heavy atom. The number of nitrogens with zero attached hydrogens (tertiary/aromatic N) is 3. The second-order valence-corrected chi connectivity index (χ2v) is 5.35. The van der Waals surface area contributed by atoms with Crippen LogP contribution in [0.25, 0.3) is 11.4 Å². The fourth-order valence-electron chi connectivity index (χ4n) is 2.65. The molecule has 1 aromatic heterocycles. The average Bonchev–Trinajstić information content (AvgIpc) is 3.05. The first kappa shape index (κ1) is 14.6. The lowest BCUT2D eigenvalue weighted by molar-refractivity contribution is -0.130. The average molecular weight is 304 g/mol. The van der Waals surface area contributed by atoms with Crippen molar-refractivity contribution in [3.05, 3.63) is 36.0 Å². The molecule has 1 aliphatic heterocycles. The summed E-state index contributed by atoms with van der Waals surface area (Å²) in [4.78, 5) is 17.8. The van der Waals surface area contributed by atoms with Crippen LogP contribution in [0, 0.1) is 5.82 Å². The molecule has 1 aliphatic rings. The number of hydrogen-bond donors (Lipinski definition) is 1. The zero-order valence-corrected chi connectivity index (χ0v) is 12.0. The third-order valence-corrected chi connectivity index (χ3v) is 3.84. The normalized spacial score (nSPS) is 18.5. The van der Waals surface area contributed by atoms with Crippen LogP contribution in [-0.4, -0.2) is 40.6 Å². The van der Waals surface area contributed by atoms with Gasteiger partial charge in [0.25, 0.3) is 0 Å². The van der Waals surface area contributed by atoms with Crippen LogP contribution in [0.15, 0.2) is 28.8 Å². The summed E-state index contributed by atoms with van der Waals surface area (Å²) in [6.07, 6.45) is 1.77. The van der Waals surface area contributed by atoms with Crippen LogP contribution in [0.2, 0.25) is 0 Å². The Balaban J connectivity index is 1.75. The van der Waals surface area contributed by atoms with Gasteiger partial charge < -0.3 is 15.2 Å². The summed E-state index contributed by atoms with van der Waals surface area (Å²) in [5, 5.41) is 3.94. The lowest BCUT2D eigenvalue weighted by atomic mass is 9.98. The summed E-state index contributed by atoms with van der Waals surface area (Å²) in [6.45, 7) is 1.27. The summed E-state index contributed by atoms with van der Waals surface area (Å²) in [5.74, 6) is 0.579. The molecule has 0 saturated carbocycles. The number of amides is 1. The van der Waals surface area contributed by atoms with Crippen LogP contribution in [-0.2, 0) is 4.79 Å². The molecule has 7 heteroatoms. The number of piperidine rings is 1. The van der Waals surface area contributed by atoms with E-state index in [2.05, 4.69) is 10.1 Å². The van der Waals surface area contributed by atoms with Gasteiger partial charge in [-0.25, -0.2) is 4.39 Å². The molecule has 6 nitrogen and oxygen atoms in total.